The molecule has 1 fully saturated rings. The molecule has 0 spiro atoms. The maximum atomic E-state index is 8.68. The van der Waals surface area contributed by atoms with E-state index in [0.29, 0.717) is 11.9 Å². The van der Waals surface area contributed by atoms with Gasteiger partial charge in [-0.1, -0.05) is 42.4 Å². The largest absolute Gasteiger partial charge is 0.409 e. The molecule has 2 rings (SSSR count). The lowest BCUT2D eigenvalue weighted by molar-refractivity contribution is 0.182. The molecule has 21 heavy (non-hydrogen) atoms. The third kappa shape index (κ3) is 5.02. The van der Waals surface area contributed by atoms with Crippen LogP contribution in [0.1, 0.15) is 25.3 Å². The summed E-state index contributed by atoms with van der Waals surface area (Å²) in [5.41, 5.74) is 6.98. The fourth-order valence-corrected chi connectivity index (χ4v) is 2.75. The van der Waals surface area contributed by atoms with Crippen LogP contribution in [0.3, 0.4) is 0 Å². The highest BCUT2D eigenvalue weighted by Gasteiger charge is 2.20. The summed E-state index contributed by atoms with van der Waals surface area (Å²) in [5, 5.41) is 15.3. The molecule has 0 aromatic heterocycles. The minimum atomic E-state index is 0.0551. The maximum Gasteiger partial charge on any atom is 0.143 e. The van der Waals surface area contributed by atoms with E-state index in [1.807, 2.05) is 6.92 Å². The van der Waals surface area contributed by atoms with Gasteiger partial charge in [0.25, 0.3) is 0 Å². The number of nitrogens with zero attached hydrogens (tertiary/aromatic N) is 2. The Hall–Kier alpha value is -1.59. The third-order valence-electron chi connectivity index (χ3n) is 4.09. The highest BCUT2D eigenvalue weighted by molar-refractivity contribution is 5.82. The zero-order valence-electron chi connectivity index (χ0n) is 12.7. The van der Waals surface area contributed by atoms with Crippen LogP contribution < -0.4 is 11.1 Å². The van der Waals surface area contributed by atoms with Crippen molar-refractivity contribution in [2.45, 2.75) is 32.4 Å². The van der Waals surface area contributed by atoms with Crippen molar-refractivity contribution < 1.29 is 5.21 Å². The second kappa shape index (κ2) is 8.00. The first-order valence-electron chi connectivity index (χ1n) is 7.66. The van der Waals surface area contributed by atoms with Gasteiger partial charge in [-0.3, -0.25) is 4.90 Å². The van der Waals surface area contributed by atoms with Crippen LogP contribution in [-0.2, 0) is 6.54 Å². The van der Waals surface area contributed by atoms with Crippen LogP contribution in [0, 0.1) is 5.92 Å². The Morgan fingerprint density at radius 2 is 2.24 bits per heavy atom. The van der Waals surface area contributed by atoms with Crippen LogP contribution in [0.4, 0.5) is 0 Å². The van der Waals surface area contributed by atoms with Gasteiger partial charge in [0.15, 0.2) is 0 Å². The normalized spacial score (nSPS) is 22.1. The quantitative estimate of drug-likeness (QED) is 0.322. The van der Waals surface area contributed by atoms with Gasteiger partial charge in [0.2, 0.25) is 0 Å². The molecule has 1 aliphatic rings. The number of nitrogens with one attached hydrogen (secondary N) is 1. The molecule has 1 saturated heterocycles. The Morgan fingerprint density at radius 1 is 1.48 bits per heavy atom. The minimum absolute atomic E-state index is 0.0551. The minimum Gasteiger partial charge on any atom is -0.409 e. The van der Waals surface area contributed by atoms with E-state index in [0.717, 1.165) is 26.2 Å². The van der Waals surface area contributed by atoms with E-state index in [2.05, 4.69) is 45.7 Å². The first kappa shape index (κ1) is 15.8. The number of benzene rings is 1. The monoisotopic (exact) mass is 290 g/mol. The van der Waals surface area contributed by atoms with Gasteiger partial charge in [-0.15, -0.1) is 0 Å². The van der Waals surface area contributed by atoms with Gasteiger partial charge in [0.05, 0.1) is 0 Å². The summed E-state index contributed by atoms with van der Waals surface area (Å²) >= 11 is 0. The lowest BCUT2D eigenvalue weighted by Crippen LogP contribution is -2.47. The molecule has 2 atom stereocenters. The van der Waals surface area contributed by atoms with Crippen molar-refractivity contribution in [3.05, 3.63) is 35.9 Å². The molecule has 116 valence electrons. The highest BCUT2D eigenvalue weighted by atomic mass is 16.4. The van der Waals surface area contributed by atoms with Crippen LogP contribution >= 0.6 is 0 Å². The van der Waals surface area contributed by atoms with Gasteiger partial charge < -0.3 is 16.3 Å². The highest BCUT2D eigenvalue weighted by Crippen LogP contribution is 2.14. The summed E-state index contributed by atoms with van der Waals surface area (Å²) < 4.78 is 0. The molecule has 1 aromatic rings. The molecule has 1 heterocycles. The average Bonchev–Trinajstić information content (AvgIpc) is 2.53. The molecule has 5 nitrogen and oxygen atoms in total. The third-order valence-corrected chi connectivity index (χ3v) is 4.09. The van der Waals surface area contributed by atoms with Crippen LogP contribution in [-0.4, -0.2) is 41.6 Å². The summed E-state index contributed by atoms with van der Waals surface area (Å²) in [7, 11) is 0. The topological polar surface area (TPSA) is 73.9 Å². The van der Waals surface area contributed by atoms with Crippen LogP contribution in [0.2, 0.25) is 0 Å². The SMILES string of the molecule is CC(CNC1CCCN(Cc2ccccc2)C1)C(N)=NO. The fourth-order valence-electron chi connectivity index (χ4n) is 2.75. The number of nitrogens with two attached hydrogens (primary N) is 1. The first-order chi connectivity index (χ1) is 10.2. The zero-order chi connectivity index (χ0) is 15.1. The van der Waals surface area contributed by atoms with Gasteiger partial charge in [0.1, 0.15) is 5.84 Å². The summed E-state index contributed by atoms with van der Waals surface area (Å²) in [6.45, 7) is 5.93. The van der Waals surface area contributed by atoms with Crippen molar-refractivity contribution in [2.75, 3.05) is 19.6 Å². The molecular weight excluding hydrogens is 264 g/mol. The summed E-state index contributed by atoms with van der Waals surface area (Å²) in [5.74, 6) is 0.346. The van der Waals surface area contributed by atoms with Gasteiger partial charge >= 0.3 is 0 Å². The lowest BCUT2D eigenvalue weighted by Gasteiger charge is -2.33. The number of rotatable bonds is 6. The van der Waals surface area contributed by atoms with Crippen LogP contribution in [0.5, 0.6) is 0 Å². The van der Waals surface area contributed by atoms with E-state index in [4.69, 9.17) is 10.9 Å². The van der Waals surface area contributed by atoms with E-state index in [-0.39, 0.29) is 5.92 Å². The molecule has 0 aliphatic carbocycles. The van der Waals surface area contributed by atoms with E-state index in [1.54, 1.807) is 0 Å². The average molecular weight is 290 g/mol. The standard InChI is InChI=1S/C16H26N4O/c1-13(16(17)19-21)10-18-15-8-5-9-20(12-15)11-14-6-3-2-4-7-14/h2-4,6-7,13,15,18,21H,5,8-12H2,1H3,(H2,17,19). The Labute approximate surface area is 126 Å². The number of hydrogen-bond donors (Lipinski definition) is 3. The van der Waals surface area contributed by atoms with Crippen LogP contribution in [0.25, 0.3) is 0 Å². The predicted octanol–water partition coefficient (Wildman–Crippen LogP) is 1.62. The lowest BCUT2D eigenvalue weighted by atomic mass is 10.0. The number of likely N-dealkylation sites (tertiary alicyclic amines) is 1. The Kier molecular flexibility index (Phi) is 6.02. The molecule has 2 unspecified atom stereocenters. The number of piperidine rings is 1. The van der Waals surface area contributed by atoms with Gasteiger partial charge in [0, 0.05) is 31.6 Å². The van der Waals surface area contributed by atoms with E-state index in [9.17, 15) is 0 Å². The molecule has 0 radical (unpaired) electrons. The second-order valence-electron chi connectivity index (χ2n) is 5.89. The van der Waals surface area contributed by atoms with Gasteiger partial charge in [-0.2, -0.15) is 0 Å². The molecule has 0 bridgehead atoms. The van der Waals surface area contributed by atoms with Crippen molar-refractivity contribution in [1.82, 2.24) is 10.2 Å². The van der Waals surface area contributed by atoms with Crippen molar-refractivity contribution in [2.24, 2.45) is 16.8 Å². The molecule has 1 aliphatic heterocycles. The van der Waals surface area contributed by atoms with Crippen LogP contribution in [0.15, 0.2) is 35.5 Å². The van der Waals surface area contributed by atoms with Gasteiger partial charge in [-0.05, 0) is 24.9 Å². The summed E-state index contributed by atoms with van der Waals surface area (Å²) in [4.78, 5) is 2.49. The Bertz CT molecular complexity index is 449. The smallest absolute Gasteiger partial charge is 0.143 e. The van der Waals surface area contributed by atoms with E-state index >= 15 is 0 Å². The molecule has 0 amide bonds. The fraction of sp³-hybridized carbons (Fsp3) is 0.562. The Balaban J connectivity index is 1.78. The molecule has 4 N–H and O–H groups in total. The second-order valence-corrected chi connectivity index (χ2v) is 5.89. The number of oxime groups is 1. The first-order valence-corrected chi connectivity index (χ1v) is 7.66. The van der Waals surface area contributed by atoms with E-state index < -0.39 is 0 Å². The van der Waals surface area contributed by atoms with Crippen molar-refractivity contribution in [3.63, 3.8) is 0 Å². The Morgan fingerprint density at radius 3 is 2.95 bits per heavy atom. The molecule has 5 heteroatoms. The molecule has 1 aromatic carbocycles. The molecule has 0 saturated carbocycles. The maximum absolute atomic E-state index is 8.68. The summed E-state index contributed by atoms with van der Waals surface area (Å²) in [6, 6.07) is 11.1. The summed E-state index contributed by atoms with van der Waals surface area (Å²) in [6.07, 6.45) is 2.40. The molecular formula is C16H26N4O. The van der Waals surface area contributed by atoms with E-state index in [1.165, 1.54) is 18.4 Å². The number of hydrogen-bond acceptors (Lipinski definition) is 4. The zero-order valence-corrected chi connectivity index (χ0v) is 12.7. The predicted molar refractivity (Wildman–Crippen MR) is 85.3 cm³/mol. The van der Waals surface area contributed by atoms with Crippen molar-refractivity contribution >= 4 is 5.84 Å². The van der Waals surface area contributed by atoms with Gasteiger partial charge in [-0.25, -0.2) is 0 Å². The van der Waals surface area contributed by atoms with Crippen molar-refractivity contribution in [3.8, 4) is 0 Å². The number of amidine groups is 1. The van der Waals surface area contributed by atoms with Crippen molar-refractivity contribution in [1.29, 1.82) is 0 Å².